The molecule has 1 aliphatic rings. The first-order valence-corrected chi connectivity index (χ1v) is 3.80. The number of ketones is 1. The van der Waals surface area contributed by atoms with Gasteiger partial charge >= 0.3 is 5.97 Å². The summed E-state index contributed by atoms with van der Waals surface area (Å²) in [5.41, 5.74) is 0. The molecule has 0 heterocycles. The Balaban J connectivity index is 2.42. The third-order valence-corrected chi connectivity index (χ3v) is 1.75. The Kier molecular flexibility index (Phi) is 2.80. The van der Waals surface area contributed by atoms with Crippen LogP contribution < -0.4 is 0 Å². The summed E-state index contributed by atoms with van der Waals surface area (Å²) in [4.78, 5) is 21.3. The predicted octanol–water partition coefficient (Wildman–Crippen LogP) is 1.16. The fraction of sp³-hybridized carbons (Fsp3) is 0.333. The lowest BCUT2D eigenvalue weighted by atomic mass is 9.94. The van der Waals surface area contributed by atoms with Crippen LogP contribution in [0.25, 0.3) is 0 Å². The Bertz CT molecular complexity index is 250. The zero-order valence-electron chi connectivity index (χ0n) is 6.56. The van der Waals surface area contributed by atoms with Crippen molar-refractivity contribution in [3.8, 4) is 0 Å². The van der Waals surface area contributed by atoms with Crippen molar-refractivity contribution in [1.82, 2.24) is 0 Å². The third kappa shape index (κ3) is 2.34. The van der Waals surface area contributed by atoms with E-state index in [0.717, 1.165) is 0 Å². The van der Waals surface area contributed by atoms with Crippen molar-refractivity contribution < 1.29 is 14.7 Å². The van der Waals surface area contributed by atoms with Crippen LogP contribution in [0.5, 0.6) is 0 Å². The minimum atomic E-state index is -0.856. The highest BCUT2D eigenvalue weighted by Crippen LogP contribution is 2.13. The highest BCUT2D eigenvalue weighted by atomic mass is 16.4. The fourth-order valence-electron chi connectivity index (χ4n) is 1.08. The first kappa shape index (κ1) is 8.71. The molecule has 0 amide bonds. The van der Waals surface area contributed by atoms with Gasteiger partial charge in [0.15, 0.2) is 5.78 Å². The Morgan fingerprint density at radius 3 is 2.83 bits per heavy atom. The van der Waals surface area contributed by atoms with Crippen LogP contribution in [0.15, 0.2) is 24.3 Å². The van der Waals surface area contributed by atoms with E-state index in [4.69, 9.17) is 5.11 Å². The van der Waals surface area contributed by atoms with E-state index in [1.807, 2.05) is 0 Å². The van der Waals surface area contributed by atoms with E-state index < -0.39 is 5.97 Å². The maximum atomic E-state index is 11.1. The number of carbonyl (C=O) groups is 2. The summed E-state index contributed by atoms with van der Waals surface area (Å²) < 4.78 is 0. The monoisotopic (exact) mass is 166 g/mol. The molecule has 1 rings (SSSR count). The molecule has 12 heavy (non-hydrogen) atoms. The predicted molar refractivity (Wildman–Crippen MR) is 43.6 cm³/mol. The largest absolute Gasteiger partial charge is 0.481 e. The van der Waals surface area contributed by atoms with Crippen molar-refractivity contribution in [2.24, 2.45) is 5.92 Å². The van der Waals surface area contributed by atoms with Gasteiger partial charge in [-0.15, -0.1) is 0 Å². The Morgan fingerprint density at radius 1 is 1.50 bits per heavy atom. The highest BCUT2D eigenvalue weighted by molar-refractivity contribution is 5.94. The van der Waals surface area contributed by atoms with Gasteiger partial charge in [-0.1, -0.05) is 18.2 Å². The number of hydrogen-bond donors (Lipinski definition) is 1. The van der Waals surface area contributed by atoms with Gasteiger partial charge in [-0.25, -0.2) is 0 Å². The van der Waals surface area contributed by atoms with Crippen molar-refractivity contribution in [2.75, 3.05) is 0 Å². The van der Waals surface area contributed by atoms with E-state index in [0.29, 0.717) is 6.42 Å². The highest BCUT2D eigenvalue weighted by Gasteiger charge is 2.15. The van der Waals surface area contributed by atoms with Gasteiger partial charge in [0.2, 0.25) is 0 Å². The number of allylic oxidation sites excluding steroid dienone is 4. The van der Waals surface area contributed by atoms with Crippen molar-refractivity contribution >= 4 is 11.8 Å². The topological polar surface area (TPSA) is 54.4 Å². The molecule has 0 saturated carbocycles. The van der Waals surface area contributed by atoms with Crippen LogP contribution in [-0.2, 0) is 9.59 Å². The van der Waals surface area contributed by atoms with E-state index in [9.17, 15) is 9.59 Å². The maximum Gasteiger partial charge on any atom is 0.303 e. The summed E-state index contributed by atoms with van der Waals surface area (Å²) in [5, 5.41) is 8.38. The molecule has 0 radical (unpaired) electrons. The molecule has 3 heteroatoms. The van der Waals surface area contributed by atoms with Gasteiger partial charge in [-0.3, -0.25) is 9.59 Å². The van der Waals surface area contributed by atoms with Crippen LogP contribution in [0.4, 0.5) is 0 Å². The van der Waals surface area contributed by atoms with Gasteiger partial charge in [-0.2, -0.15) is 0 Å². The molecule has 3 nitrogen and oxygen atoms in total. The summed E-state index contributed by atoms with van der Waals surface area (Å²) in [5.74, 6) is -1.09. The number of hydrogen-bond acceptors (Lipinski definition) is 2. The normalized spacial score (nSPS) is 21.3. The lowest BCUT2D eigenvalue weighted by Gasteiger charge is -2.09. The smallest absolute Gasteiger partial charge is 0.303 e. The SMILES string of the molecule is O=C(O)CCC1C=CC=CC1=O. The lowest BCUT2D eigenvalue weighted by molar-refractivity contribution is -0.137. The van der Waals surface area contributed by atoms with Crippen molar-refractivity contribution in [2.45, 2.75) is 12.8 Å². The molecule has 0 bridgehead atoms. The molecule has 0 spiro atoms. The molecule has 0 fully saturated rings. The van der Waals surface area contributed by atoms with Crippen LogP contribution in [0, 0.1) is 5.92 Å². The molecule has 64 valence electrons. The number of carboxylic acids is 1. The van der Waals surface area contributed by atoms with Crippen LogP contribution in [0.1, 0.15) is 12.8 Å². The molecule has 1 unspecified atom stereocenters. The summed E-state index contributed by atoms with van der Waals surface area (Å²) in [6, 6.07) is 0. The average Bonchev–Trinajstić information content (AvgIpc) is 2.03. The van der Waals surface area contributed by atoms with E-state index in [-0.39, 0.29) is 18.1 Å². The number of carbonyl (C=O) groups excluding carboxylic acids is 1. The van der Waals surface area contributed by atoms with Crippen molar-refractivity contribution in [3.05, 3.63) is 24.3 Å². The first-order chi connectivity index (χ1) is 5.70. The summed E-state index contributed by atoms with van der Waals surface area (Å²) in [7, 11) is 0. The van der Waals surface area contributed by atoms with Crippen LogP contribution in [-0.4, -0.2) is 16.9 Å². The van der Waals surface area contributed by atoms with E-state index in [2.05, 4.69) is 0 Å². The van der Waals surface area contributed by atoms with Gasteiger partial charge in [0.1, 0.15) is 0 Å². The summed E-state index contributed by atoms with van der Waals surface area (Å²) in [6.07, 6.45) is 7.11. The molecule has 1 atom stereocenters. The van der Waals surface area contributed by atoms with E-state index in [1.165, 1.54) is 6.08 Å². The van der Waals surface area contributed by atoms with Gasteiger partial charge in [-0.05, 0) is 12.5 Å². The Hall–Kier alpha value is -1.38. The quantitative estimate of drug-likeness (QED) is 0.684. The lowest BCUT2D eigenvalue weighted by Crippen LogP contribution is -2.13. The molecule has 0 aromatic heterocycles. The fourth-order valence-corrected chi connectivity index (χ4v) is 1.08. The summed E-state index contributed by atoms with van der Waals surface area (Å²) >= 11 is 0. The molecule has 0 aromatic rings. The second-order valence-electron chi connectivity index (χ2n) is 2.69. The van der Waals surface area contributed by atoms with E-state index in [1.54, 1.807) is 18.2 Å². The second-order valence-corrected chi connectivity index (χ2v) is 2.69. The zero-order chi connectivity index (χ0) is 8.97. The van der Waals surface area contributed by atoms with Crippen molar-refractivity contribution in [3.63, 3.8) is 0 Å². The van der Waals surface area contributed by atoms with E-state index >= 15 is 0 Å². The molecule has 1 N–H and O–H groups in total. The third-order valence-electron chi connectivity index (χ3n) is 1.75. The molecule has 1 aliphatic carbocycles. The minimum Gasteiger partial charge on any atom is -0.481 e. The molecular weight excluding hydrogens is 156 g/mol. The van der Waals surface area contributed by atoms with Crippen LogP contribution >= 0.6 is 0 Å². The van der Waals surface area contributed by atoms with Gasteiger partial charge < -0.3 is 5.11 Å². The molecule has 0 aliphatic heterocycles. The molecular formula is C9H10O3. The van der Waals surface area contributed by atoms with Crippen LogP contribution in [0.2, 0.25) is 0 Å². The molecule has 0 aromatic carbocycles. The number of rotatable bonds is 3. The number of aliphatic carboxylic acids is 1. The maximum absolute atomic E-state index is 11.1. The Labute approximate surface area is 70.4 Å². The first-order valence-electron chi connectivity index (χ1n) is 3.80. The average molecular weight is 166 g/mol. The van der Waals surface area contributed by atoms with Gasteiger partial charge in [0, 0.05) is 12.3 Å². The van der Waals surface area contributed by atoms with Gasteiger partial charge in [0.25, 0.3) is 0 Å². The second kappa shape index (κ2) is 3.85. The van der Waals surface area contributed by atoms with Gasteiger partial charge in [0.05, 0.1) is 0 Å². The Morgan fingerprint density at radius 2 is 2.25 bits per heavy atom. The number of carboxylic acid groups (broad SMARTS) is 1. The minimum absolute atomic E-state index is 0.00116. The van der Waals surface area contributed by atoms with Crippen LogP contribution in [0.3, 0.4) is 0 Å². The van der Waals surface area contributed by atoms with Crippen molar-refractivity contribution in [1.29, 1.82) is 0 Å². The standard InChI is InChI=1S/C9H10O3/c10-8-4-2-1-3-7(8)5-6-9(11)12/h1-4,7H,5-6H2,(H,11,12). The summed E-state index contributed by atoms with van der Waals surface area (Å²) in [6.45, 7) is 0. The molecule has 0 saturated heterocycles. The zero-order valence-corrected chi connectivity index (χ0v) is 6.56.